The number of unbranched alkanes of at least 4 members (excludes halogenated alkanes) is 31. The third-order valence-corrected chi connectivity index (χ3v) is 10.3. The Bertz CT molecular complexity index is 651. The molecular formula is C44H87NO3. The van der Waals surface area contributed by atoms with Crippen LogP contribution in [0.4, 0.5) is 0 Å². The summed E-state index contributed by atoms with van der Waals surface area (Å²) in [5.41, 5.74) is 0. The molecule has 3 N–H and O–H groups in total. The lowest BCUT2D eigenvalue weighted by molar-refractivity contribution is -0.123. The molecule has 0 aromatic carbocycles. The predicted molar refractivity (Wildman–Crippen MR) is 212 cm³/mol. The van der Waals surface area contributed by atoms with Gasteiger partial charge in [-0.3, -0.25) is 4.79 Å². The van der Waals surface area contributed by atoms with Crippen molar-refractivity contribution in [1.29, 1.82) is 0 Å². The van der Waals surface area contributed by atoms with Crippen LogP contribution in [0.3, 0.4) is 0 Å². The van der Waals surface area contributed by atoms with Crippen molar-refractivity contribution in [3.05, 3.63) is 12.2 Å². The third-order valence-electron chi connectivity index (χ3n) is 10.3. The molecule has 2 atom stereocenters. The molecule has 0 spiro atoms. The summed E-state index contributed by atoms with van der Waals surface area (Å²) >= 11 is 0. The van der Waals surface area contributed by atoms with E-state index in [1.165, 1.54) is 193 Å². The molecule has 1 amide bonds. The van der Waals surface area contributed by atoms with Crippen LogP contribution in [0.2, 0.25) is 0 Å². The highest BCUT2D eigenvalue weighted by molar-refractivity contribution is 5.76. The first-order valence-electron chi connectivity index (χ1n) is 21.9. The number of rotatable bonds is 40. The van der Waals surface area contributed by atoms with Gasteiger partial charge in [0.25, 0.3) is 0 Å². The molecule has 0 heterocycles. The predicted octanol–water partition coefficient (Wildman–Crippen LogP) is 13.5. The standard InChI is InChI=1S/C44H87NO3/c1-3-5-7-9-11-13-15-17-19-21-22-23-24-26-28-30-32-34-36-38-40-44(48)45-42(41-46)43(47)39-37-35-33-31-29-27-25-20-18-16-14-12-10-8-6-4-2/h22-23,42-43,46-47H,3-21,24-41H2,1-2H3,(H,45,48)/b23-22-. The lowest BCUT2D eigenvalue weighted by Crippen LogP contribution is -2.45. The fraction of sp³-hybridized carbons (Fsp3) is 0.932. The zero-order valence-corrected chi connectivity index (χ0v) is 32.8. The molecule has 0 saturated carbocycles. The molecule has 0 aliphatic heterocycles. The van der Waals surface area contributed by atoms with Crippen LogP contribution >= 0.6 is 0 Å². The van der Waals surface area contributed by atoms with Gasteiger partial charge in [-0.15, -0.1) is 0 Å². The third kappa shape index (κ3) is 36.4. The van der Waals surface area contributed by atoms with Crippen molar-refractivity contribution >= 4 is 5.91 Å². The fourth-order valence-electron chi connectivity index (χ4n) is 6.89. The first kappa shape index (κ1) is 47.1. The van der Waals surface area contributed by atoms with Gasteiger partial charge >= 0.3 is 0 Å². The Morgan fingerprint density at radius 1 is 0.479 bits per heavy atom. The van der Waals surface area contributed by atoms with Crippen molar-refractivity contribution in [3.8, 4) is 0 Å². The van der Waals surface area contributed by atoms with E-state index in [4.69, 9.17) is 0 Å². The maximum absolute atomic E-state index is 12.4. The largest absolute Gasteiger partial charge is 0.394 e. The minimum atomic E-state index is -0.657. The molecular weight excluding hydrogens is 590 g/mol. The maximum atomic E-state index is 12.4. The summed E-state index contributed by atoms with van der Waals surface area (Å²) in [6, 6.07) is -0.534. The van der Waals surface area contributed by atoms with Gasteiger partial charge in [0.1, 0.15) is 0 Å². The van der Waals surface area contributed by atoms with Crippen LogP contribution in [-0.2, 0) is 4.79 Å². The Morgan fingerprint density at radius 3 is 1.15 bits per heavy atom. The van der Waals surface area contributed by atoms with Crippen LogP contribution in [0.15, 0.2) is 12.2 Å². The summed E-state index contributed by atoms with van der Waals surface area (Å²) in [4.78, 5) is 12.4. The second-order valence-electron chi connectivity index (χ2n) is 15.1. The Hall–Kier alpha value is -0.870. The average Bonchev–Trinajstić information content (AvgIpc) is 3.09. The first-order valence-corrected chi connectivity index (χ1v) is 21.9. The fourth-order valence-corrected chi connectivity index (χ4v) is 6.89. The molecule has 0 aromatic rings. The number of aliphatic hydroxyl groups is 2. The van der Waals surface area contributed by atoms with Gasteiger partial charge < -0.3 is 15.5 Å². The Morgan fingerprint density at radius 2 is 0.792 bits per heavy atom. The van der Waals surface area contributed by atoms with Crippen molar-refractivity contribution in [2.24, 2.45) is 0 Å². The van der Waals surface area contributed by atoms with Crippen LogP contribution in [-0.4, -0.2) is 34.9 Å². The number of hydrogen-bond donors (Lipinski definition) is 3. The number of carbonyl (C=O) groups is 1. The van der Waals surface area contributed by atoms with E-state index in [-0.39, 0.29) is 12.5 Å². The Labute approximate surface area is 301 Å². The number of nitrogens with one attached hydrogen (secondary N) is 1. The summed E-state index contributed by atoms with van der Waals surface area (Å²) in [5, 5.41) is 23.2. The van der Waals surface area contributed by atoms with E-state index in [9.17, 15) is 15.0 Å². The van der Waals surface area contributed by atoms with E-state index in [1.807, 2.05) is 0 Å². The van der Waals surface area contributed by atoms with Crippen molar-refractivity contribution in [3.63, 3.8) is 0 Å². The highest BCUT2D eigenvalue weighted by Gasteiger charge is 2.20. The number of aliphatic hydroxyl groups excluding tert-OH is 2. The molecule has 4 heteroatoms. The molecule has 48 heavy (non-hydrogen) atoms. The van der Waals surface area contributed by atoms with Gasteiger partial charge in [0.05, 0.1) is 18.8 Å². The van der Waals surface area contributed by atoms with Crippen molar-refractivity contribution in [2.75, 3.05) is 6.61 Å². The van der Waals surface area contributed by atoms with E-state index in [0.29, 0.717) is 12.8 Å². The monoisotopic (exact) mass is 678 g/mol. The van der Waals surface area contributed by atoms with Gasteiger partial charge in [0.2, 0.25) is 5.91 Å². The summed E-state index contributed by atoms with van der Waals surface area (Å²) in [7, 11) is 0. The van der Waals surface area contributed by atoms with E-state index >= 15 is 0 Å². The lowest BCUT2D eigenvalue weighted by atomic mass is 10.0. The molecule has 0 aliphatic carbocycles. The lowest BCUT2D eigenvalue weighted by Gasteiger charge is -2.22. The number of amides is 1. The highest BCUT2D eigenvalue weighted by Crippen LogP contribution is 2.16. The van der Waals surface area contributed by atoms with Crippen LogP contribution < -0.4 is 5.32 Å². The number of hydrogen-bond acceptors (Lipinski definition) is 3. The minimum Gasteiger partial charge on any atom is -0.394 e. The average molecular weight is 678 g/mol. The summed E-state index contributed by atoms with van der Waals surface area (Å²) < 4.78 is 0. The van der Waals surface area contributed by atoms with Crippen LogP contribution in [0.25, 0.3) is 0 Å². The zero-order chi connectivity index (χ0) is 35.0. The van der Waals surface area contributed by atoms with Gasteiger partial charge in [0.15, 0.2) is 0 Å². The van der Waals surface area contributed by atoms with E-state index < -0.39 is 12.1 Å². The molecule has 0 bridgehead atoms. The van der Waals surface area contributed by atoms with Gasteiger partial charge in [-0.1, -0.05) is 212 Å². The molecule has 0 fully saturated rings. The normalized spacial score (nSPS) is 13.0. The molecule has 0 rings (SSSR count). The zero-order valence-electron chi connectivity index (χ0n) is 32.8. The molecule has 0 radical (unpaired) electrons. The number of allylic oxidation sites excluding steroid dienone is 2. The van der Waals surface area contributed by atoms with Gasteiger partial charge in [0, 0.05) is 6.42 Å². The topological polar surface area (TPSA) is 69.6 Å². The molecule has 0 aromatic heterocycles. The highest BCUT2D eigenvalue weighted by atomic mass is 16.3. The second kappa shape index (κ2) is 40.6. The van der Waals surface area contributed by atoms with E-state index in [1.54, 1.807) is 0 Å². The van der Waals surface area contributed by atoms with Crippen molar-refractivity contribution in [1.82, 2.24) is 5.32 Å². The van der Waals surface area contributed by atoms with Gasteiger partial charge in [-0.05, 0) is 38.5 Å². The SMILES string of the molecule is CCCCCCCCCCC/C=C\CCCCCCCCCC(=O)NC(CO)C(O)CCCCCCCCCCCCCCCCCC. The van der Waals surface area contributed by atoms with Crippen molar-refractivity contribution < 1.29 is 15.0 Å². The second-order valence-corrected chi connectivity index (χ2v) is 15.1. The molecule has 2 unspecified atom stereocenters. The molecule has 4 nitrogen and oxygen atoms in total. The molecule has 286 valence electrons. The quantitative estimate of drug-likeness (QED) is 0.0446. The minimum absolute atomic E-state index is 0.0331. The van der Waals surface area contributed by atoms with Gasteiger partial charge in [-0.25, -0.2) is 0 Å². The molecule has 0 aliphatic rings. The van der Waals surface area contributed by atoms with Crippen LogP contribution in [0, 0.1) is 0 Å². The summed E-state index contributed by atoms with van der Waals surface area (Å²) in [5.74, 6) is -0.0331. The van der Waals surface area contributed by atoms with Crippen LogP contribution in [0.5, 0.6) is 0 Å². The van der Waals surface area contributed by atoms with Crippen LogP contribution in [0.1, 0.15) is 245 Å². The Balaban J connectivity index is 3.50. The summed E-state index contributed by atoms with van der Waals surface area (Å²) in [6.07, 6.45) is 50.0. The van der Waals surface area contributed by atoms with Gasteiger partial charge in [-0.2, -0.15) is 0 Å². The Kier molecular flexibility index (Phi) is 39.8. The number of carbonyl (C=O) groups excluding carboxylic acids is 1. The summed E-state index contributed by atoms with van der Waals surface area (Å²) in [6.45, 7) is 4.37. The van der Waals surface area contributed by atoms with E-state index in [2.05, 4.69) is 31.3 Å². The maximum Gasteiger partial charge on any atom is 0.220 e. The van der Waals surface area contributed by atoms with E-state index in [0.717, 1.165) is 25.7 Å². The first-order chi connectivity index (χ1) is 23.7. The molecule has 0 saturated heterocycles. The van der Waals surface area contributed by atoms with Crippen molar-refractivity contribution in [2.45, 2.75) is 257 Å². The smallest absolute Gasteiger partial charge is 0.220 e.